The van der Waals surface area contributed by atoms with Gasteiger partial charge in [-0.1, -0.05) is 30.3 Å². The third-order valence-electron chi connectivity index (χ3n) is 3.50. The van der Waals surface area contributed by atoms with Gasteiger partial charge >= 0.3 is 5.97 Å². The maximum Gasteiger partial charge on any atom is 0.315 e. The predicted octanol–water partition coefficient (Wildman–Crippen LogP) is 1.18. The maximum atomic E-state index is 12.0. The van der Waals surface area contributed by atoms with Crippen molar-refractivity contribution in [3.8, 4) is 0 Å². The molecule has 5 nitrogen and oxygen atoms in total. The highest BCUT2D eigenvalue weighted by Crippen LogP contribution is 2.14. The van der Waals surface area contributed by atoms with Crippen LogP contribution in [0.2, 0.25) is 0 Å². The van der Waals surface area contributed by atoms with Crippen molar-refractivity contribution in [2.24, 2.45) is 5.92 Å². The molecule has 2 unspecified atom stereocenters. The molecule has 1 fully saturated rings. The summed E-state index contributed by atoms with van der Waals surface area (Å²) in [5.41, 5.74) is 1.15. The molecule has 0 saturated carbocycles. The van der Waals surface area contributed by atoms with Crippen LogP contribution in [0.25, 0.3) is 0 Å². The molecular weight excluding hydrogens is 258 g/mol. The van der Waals surface area contributed by atoms with Crippen LogP contribution < -0.4 is 0 Å². The third kappa shape index (κ3) is 3.57. The van der Waals surface area contributed by atoms with Crippen LogP contribution in [-0.4, -0.2) is 47.7 Å². The van der Waals surface area contributed by atoms with E-state index in [0.29, 0.717) is 19.7 Å². The summed E-state index contributed by atoms with van der Waals surface area (Å²) in [7, 11) is 0. The Balaban J connectivity index is 1.95. The first-order valence-corrected chi connectivity index (χ1v) is 6.75. The number of rotatable bonds is 4. The number of ether oxygens (including phenoxy) is 1. The Labute approximate surface area is 118 Å². The van der Waals surface area contributed by atoms with Crippen molar-refractivity contribution in [2.75, 3.05) is 19.7 Å². The zero-order valence-electron chi connectivity index (χ0n) is 11.5. The summed E-state index contributed by atoms with van der Waals surface area (Å²) >= 11 is 0. The Morgan fingerprint density at radius 2 is 2.10 bits per heavy atom. The van der Waals surface area contributed by atoms with E-state index in [-0.39, 0.29) is 12.0 Å². The lowest BCUT2D eigenvalue weighted by molar-refractivity contribution is -0.154. The zero-order chi connectivity index (χ0) is 14.5. The fraction of sp³-hybridized carbons (Fsp3) is 0.467. The monoisotopic (exact) mass is 277 g/mol. The molecule has 0 spiro atoms. The maximum absolute atomic E-state index is 12.0. The molecule has 108 valence electrons. The van der Waals surface area contributed by atoms with Crippen LogP contribution in [0.15, 0.2) is 30.3 Å². The first-order chi connectivity index (χ1) is 9.58. The SMILES string of the molecule is CC(C(=O)O)C(=O)N1CCOC(Cc2ccccc2)C1. The van der Waals surface area contributed by atoms with Crippen molar-refractivity contribution in [3.05, 3.63) is 35.9 Å². The van der Waals surface area contributed by atoms with Gasteiger partial charge in [-0.15, -0.1) is 0 Å². The van der Waals surface area contributed by atoms with E-state index in [4.69, 9.17) is 9.84 Å². The van der Waals surface area contributed by atoms with E-state index in [2.05, 4.69) is 0 Å². The fourth-order valence-electron chi connectivity index (χ4n) is 2.30. The Bertz CT molecular complexity index is 474. The topological polar surface area (TPSA) is 66.8 Å². The van der Waals surface area contributed by atoms with Crippen molar-refractivity contribution in [2.45, 2.75) is 19.4 Å². The summed E-state index contributed by atoms with van der Waals surface area (Å²) in [6.45, 7) is 2.79. The van der Waals surface area contributed by atoms with Crippen molar-refractivity contribution in [1.29, 1.82) is 0 Å². The Morgan fingerprint density at radius 1 is 1.40 bits per heavy atom. The minimum atomic E-state index is -1.08. The largest absolute Gasteiger partial charge is 0.481 e. The molecule has 1 N–H and O–H groups in total. The summed E-state index contributed by atoms with van der Waals surface area (Å²) < 4.78 is 5.66. The summed E-state index contributed by atoms with van der Waals surface area (Å²) in [6.07, 6.45) is 0.655. The molecule has 1 aliphatic rings. The standard InChI is InChI=1S/C15H19NO4/c1-11(15(18)19)14(17)16-7-8-20-13(10-16)9-12-5-3-2-4-6-12/h2-6,11,13H,7-10H2,1H3,(H,18,19). The van der Waals surface area contributed by atoms with Gasteiger partial charge in [-0.25, -0.2) is 0 Å². The molecular formula is C15H19NO4. The normalized spacial score (nSPS) is 20.4. The van der Waals surface area contributed by atoms with Crippen molar-refractivity contribution < 1.29 is 19.4 Å². The van der Waals surface area contributed by atoms with Crippen LogP contribution in [0.4, 0.5) is 0 Å². The lowest BCUT2D eigenvalue weighted by atomic mass is 10.1. The second-order valence-corrected chi connectivity index (χ2v) is 5.03. The minimum Gasteiger partial charge on any atom is -0.481 e. The van der Waals surface area contributed by atoms with Crippen LogP contribution in [0.3, 0.4) is 0 Å². The molecule has 1 aromatic rings. The fourth-order valence-corrected chi connectivity index (χ4v) is 2.30. The number of carbonyl (C=O) groups excluding carboxylic acids is 1. The highest BCUT2D eigenvalue weighted by atomic mass is 16.5. The Hall–Kier alpha value is -1.88. The molecule has 2 rings (SSSR count). The van der Waals surface area contributed by atoms with Gasteiger partial charge in [0.1, 0.15) is 5.92 Å². The van der Waals surface area contributed by atoms with Gasteiger partial charge in [0.25, 0.3) is 0 Å². The first kappa shape index (κ1) is 14.5. The van der Waals surface area contributed by atoms with Crippen molar-refractivity contribution >= 4 is 11.9 Å². The zero-order valence-corrected chi connectivity index (χ0v) is 11.5. The predicted molar refractivity (Wildman–Crippen MR) is 73.3 cm³/mol. The van der Waals surface area contributed by atoms with Gasteiger partial charge in [0.2, 0.25) is 5.91 Å². The van der Waals surface area contributed by atoms with Crippen molar-refractivity contribution in [1.82, 2.24) is 4.90 Å². The summed E-state index contributed by atoms with van der Waals surface area (Å²) in [4.78, 5) is 24.5. The van der Waals surface area contributed by atoms with Crippen LogP contribution in [-0.2, 0) is 20.7 Å². The van der Waals surface area contributed by atoms with E-state index in [9.17, 15) is 9.59 Å². The van der Waals surface area contributed by atoms with E-state index in [1.807, 2.05) is 30.3 Å². The van der Waals surface area contributed by atoms with Crippen LogP contribution >= 0.6 is 0 Å². The Kier molecular flexibility index (Phi) is 4.74. The molecule has 1 aromatic carbocycles. The number of hydrogen-bond acceptors (Lipinski definition) is 3. The second kappa shape index (κ2) is 6.52. The number of amides is 1. The molecule has 0 aromatic heterocycles. The van der Waals surface area contributed by atoms with Crippen LogP contribution in [0.5, 0.6) is 0 Å². The van der Waals surface area contributed by atoms with Crippen molar-refractivity contribution in [3.63, 3.8) is 0 Å². The summed E-state index contributed by atoms with van der Waals surface area (Å²) in [5.74, 6) is -2.41. The number of carbonyl (C=O) groups is 2. The summed E-state index contributed by atoms with van der Waals surface area (Å²) in [6, 6.07) is 9.92. The molecule has 0 bridgehead atoms. The average molecular weight is 277 g/mol. The first-order valence-electron chi connectivity index (χ1n) is 6.75. The lowest BCUT2D eigenvalue weighted by Gasteiger charge is -2.34. The number of carboxylic acids is 1. The van der Waals surface area contributed by atoms with Gasteiger partial charge < -0.3 is 14.7 Å². The van der Waals surface area contributed by atoms with Crippen LogP contribution in [0, 0.1) is 5.92 Å². The average Bonchev–Trinajstić information content (AvgIpc) is 2.47. The van der Waals surface area contributed by atoms with Gasteiger partial charge in [0.05, 0.1) is 12.7 Å². The quantitative estimate of drug-likeness (QED) is 0.839. The molecule has 20 heavy (non-hydrogen) atoms. The van der Waals surface area contributed by atoms with Gasteiger partial charge in [-0.2, -0.15) is 0 Å². The van der Waals surface area contributed by atoms with Gasteiger partial charge in [-0.3, -0.25) is 9.59 Å². The number of benzene rings is 1. The molecule has 1 heterocycles. The number of nitrogens with zero attached hydrogens (tertiary/aromatic N) is 1. The molecule has 5 heteroatoms. The van der Waals surface area contributed by atoms with Gasteiger partial charge in [0, 0.05) is 19.5 Å². The van der Waals surface area contributed by atoms with Crippen LogP contribution in [0.1, 0.15) is 12.5 Å². The molecule has 1 amide bonds. The van der Waals surface area contributed by atoms with E-state index in [1.54, 1.807) is 4.90 Å². The second-order valence-electron chi connectivity index (χ2n) is 5.03. The van der Waals surface area contributed by atoms with Gasteiger partial charge in [0.15, 0.2) is 0 Å². The number of carboxylic acid groups (broad SMARTS) is 1. The number of morpholine rings is 1. The number of aliphatic carboxylic acids is 1. The third-order valence-corrected chi connectivity index (χ3v) is 3.50. The highest BCUT2D eigenvalue weighted by molar-refractivity contribution is 5.96. The molecule has 1 aliphatic heterocycles. The van der Waals surface area contributed by atoms with E-state index >= 15 is 0 Å². The van der Waals surface area contributed by atoms with Gasteiger partial charge in [-0.05, 0) is 12.5 Å². The summed E-state index contributed by atoms with van der Waals surface area (Å²) in [5, 5.41) is 8.91. The highest BCUT2D eigenvalue weighted by Gasteiger charge is 2.30. The minimum absolute atomic E-state index is 0.0731. The van der Waals surface area contributed by atoms with E-state index < -0.39 is 11.9 Å². The lowest BCUT2D eigenvalue weighted by Crippen LogP contribution is -2.49. The van der Waals surface area contributed by atoms with E-state index in [1.165, 1.54) is 6.92 Å². The Morgan fingerprint density at radius 3 is 2.75 bits per heavy atom. The molecule has 1 saturated heterocycles. The molecule has 0 aliphatic carbocycles. The number of hydrogen-bond donors (Lipinski definition) is 1. The van der Waals surface area contributed by atoms with E-state index in [0.717, 1.165) is 12.0 Å². The molecule has 2 atom stereocenters. The molecule has 0 radical (unpaired) electrons. The smallest absolute Gasteiger partial charge is 0.315 e.